The Morgan fingerprint density at radius 3 is 2.52 bits per heavy atom. The molecular weight excluding hydrogens is 467 g/mol. The van der Waals surface area contributed by atoms with E-state index in [0.29, 0.717) is 19.5 Å². The quantitative estimate of drug-likeness (QED) is 0.602. The predicted molar refractivity (Wildman–Crippen MR) is 110 cm³/mol. The fourth-order valence-electron chi connectivity index (χ4n) is 3.08. The first-order valence-electron chi connectivity index (χ1n) is 9.91. The molecule has 2 aromatic heterocycles. The summed E-state index contributed by atoms with van der Waals surface area (Å²) in [5.74, 6) is -2.80. The largest absolute Gasteiger partial charge is 0.490 e. The number of hydrogen-bond acceptors (Lipinski definition) is 6. The van der Waals surface area contributed by atoms with Crippen molar-refractivity contribution in [3.8, 4) is 0 Å². The summed E-state index contributed by atoms with van der Waals surface area (Å²) in [4.78, 5) is 25.4. The topological polar surface area (TPSA) is 134 Å². The Morgan fingerprint density at radius 1 is 1.24 bits per heavy atom. The van der Waals surface area contributed by atoms with Gasteiger partial charge in [-0.1, -0.05) is 13.0 Å². The summed E-state index contributed by atoms with van der Waals surface area (Å²) in [5.41, 5.74) is 1.58. The van der Waals surface area contributed by atoms with Crippen LogP contribution < -0.4 is 5.32 Å². The van der Waals surface area contributed by atoms with Crippen molar-refractivity contribution in [2.75, 3.05) is 12.3 Å². The van der Waals surface area contributed by atoms with Crippen LogP contribution in [0, 0.1) is 0 Å². The average molecular weight is 491 g/mol. The number of amides is 1. The lowest BCUT2D eigenvalue weighted by atomic mass is 10.1. The molecule has 0 spiro atoms. The zero-order valence-corrected chi connectivity index (χ0v) is 18.5. The maximum Gasteiger partial charge on any atom is 0.490 e. The Labute approximate surface area is 188 Å². The third-order valence-electron chi connectivity index (χ3n) is 4.56. The van der Waals surface area contributed by atoms with Gasteiger partial charge in [-0.15, -0.1) is 0 Å². The van der Waals surface area contributed by atoms with E-state index in [9.17, 15) is 26.4 Å². The van der Waals surface area contributed by atoms with E-state index in [4.69, 9.17) is 9.90 Å². The number of hydrogen-bond donors (Lipinski definition) is 2. The van der Waals surface area contributed by atoms with Gasteiger partial charge in [0.25, 0.3) is 0 Å². The van der Waals surface area contributed by atoms with Crippen LogP contribution in [0.4, 0.5) is 13.2 Å². The summed E-state index contributed by atoms with van der Waals surface area (Å²) in [6, 6.07) is 7.00. The van der Waals surface area contributed by atoms with Gasteiger partial charge in [0.2, 0.25) is 15.9 Å². The van der Waals surface area contributed by atoms with E-state index < -0.39 is 22.2 Å². The van der Waals surface area contributed by atoms with Crippen molar-refractivity contribution in [3.05, 3.63) is 48.0 Å². The Morgan fingerprint density at radius 2 is 1.94 bits per heavy atom. The molecule has 14 heteroatoms. The zero-order valence-electron chi connectivity index (χ0n) is 17.7. The molecule has 2 aromatic rings. The number of carboxylic acid groups (broad SMARTS) is 1. The molecule has 0 aliphatic carbocycles. The number of pyridine rings is 1. The number of nitrogens with zero attached hydrogens (tertiary/aromatic N) is 4. The van der Waals surface area contributed by atoms with Gasteiger partial charge in [0.05, 0.1) is 42.7 Å². The molecule has 1 unspecified atom stereocenters. The van der Waals surface area contributed by atoms with Crippen LogP contribution >= 0.6 is 0 Å². The van der Waals surface area contributed by atoms with E-state index in [1.165, 1.54) is 4.31 Å². The summed E-state index contributed by atoms with van der Waals surface area (Å²) in [7, 11) is -3.33. The minimum absolute atomic E-state index is 0.111. The lowest BCUT2D eigenvalue weighted by Crippen LogP contribution is -2.43. The molecule has 1 amide bonds. The number of halogens is 3. The summed E-state index contributed by atoms with van der Waals surface area (Å²) < 4.78 is 59.9. The zero-order chi connectivity index (χ0) is 24.6. The molecule has 10 nitrogen and oxygen atoms in total. The minimum atomic E-state index is -5.08. The number of carbonyl (C=O) groups is 2. The van der Waals surface area contributed by atoms with Crippen LogP contribution in [0.25, 0.3) is 0 Å². The number of sulfonamides is 1. The van der Waals surface area contributed by atoms with Crippen molar-refractivity contribution >= 4 is 21.9 Å². The molecule has 0 bridgehead atoms. The molecule has 3 rings (SSSR count). The molecule has 33 heavy (non-hydrogen) atoms. The van der Waals surface area contributed by atoms with E-state index in [1.54, 1.807) is 23.1 Å². The highest BCUT2D eigenvalue weighted by atomic mass is 32.2. The highest BCUT2D eigenvalue weighted by Gasteiger charge is 2.38. The number of aliphatic carboxylic acids is 1. The SMILES string of the molecule is CCCS(=O)(=O)N1Cc2ccnn2C(CC(=O)NCc2ccccn2)C1.O=C(O)C(F)(F)F. The molecule has 1 aliphatic rings. The van der Waals surface area contributed by atoms with Crippen LogP contribution in [-0.4, -0.2) is 62.9 Å². The standard InChI is InChI=1S/C17H23N5O3S.C2HF3O2/c1-2-9-26(24,25)21-12-15-6-8-20-22(15)16(13-21)10-17(23)19-11-14-5-3-4-7-18-14;3-2(4,5)1(6)7/h3-8,16H,2,9-13H2,1H3,(H,19,23);(H,6,7). The van der Waals surface area contributed by atoms with Crippen LogP contribution in [0.5, 0.6) is 0 Å². The van der Waals surface area contributed by atoms with Gasteiger partial charge < -0.3 is 10.4 Å². The van der Waals surface area contributed by atoms with Gasteiger partial charge in [0.1, 0.15) is 0 Å². The second-order valence-electron chi connectivity index (χ2n) is 7.13. The number of carboxylic acids is 1. The molecule has 0 radical (unpaired) electrons. The number of alkyl halides is 3. The van der Waals surface area contributed by atoms with Gasteiger partial charge >= 0.3 is 12.1 Å². The fraction of sp³-hybridized carbons (Fsp3) is 0.474. The van der Waals surface area contributed by atoms with Gasteiger partial charge in [-0.3, -0.25) is 14.5 Å². The van der Waals surface area contributed by atoms with Gasteiger partial charge in [-0.25, -0.2) is 13.2 Å². The highest BCUT2D eigenvalue weighted by Crippen LogP contribution is 2.25. The third-order valence-corrected chi connectivity index (χ3v) is 6.55. The second-order valence-corrected chi connectivity index (χ2v) is 9.22. The number of fused-ring (bicyclic) bond motifs is 1. The molecule has 0 aromatic carbocycles. The number of rotatable bonds is 7. The van der Waals surface area contributed by atoms with Crippen molar-refractivity contribution in [2.45, 2.75) is 45.1 Å². The normalized spacial score (nSPS) is 16.3. The Kier molecular flexibility index (Phi) is 8.93. The van der Waals surface area contributed by atoms with Crippen molar-refractivity contribution in [3.63, 3.8) is 0 Å². The molecule has 0 saturated heterocycles. The first kappa shape index (κ1) is 26.3. The molecule has 0 fully saturated rings. The summed E-state index contributed by atoms with van der Waals surface area (Å²) in [6.45, 7) is 2.74. The summed E-state index contributed by atoms with van der Waals surface area (Å²) >= 11 is 0. The highest BCUT2D eigenvalue weighted by molar-refractivity contribution is 7.89. The molecule has 182 valence electrons. The summed E-state index contributed by atoms with van der Waals surface area (Å²) in [6.07, 6.45) is -1.04. The van der Waals surface area contributed by atoms with Gasteiger partial charge in [-0.05, 0) is 24.6 Å². The predicted octanol–water partition coefficient (Wildman–Crippen LogP) is 1.71. The van der Waals surface area contributed by atoms with E-state index in [0.717, 1.165) is 11.4 Å². The van der Waals surface area contributed by atoms with Crippen molar-refractivity contribution < 1.29 is 36.3 Å². The van der Waals surface area contributed by atoms with Crippen LogP contribution in [0.3, 0.4) is 0 Å². The maximum absolute atomic E-state index is 12.4. The fourth-order valence-corrected chi connectivity index (χ4v) is 4.58. The molecule has 2 N–H and O–H groups in total. The third kappa shape index (κ3) is 7.82. The van der Waals surface area contributed by atoms with Crippen LogP contribution in [0.1, 0.15) is 37.2 Å². The van der Waals surface area contributed by atoms with E-state index >= 15 is 0 Å². The van der Waals surface area contributed by atoms with Gasteiger partial charge in [-0.2, -0.15) is 22.6 Å². The average Bonchev–Trinajstić information content (AvgIpc) is 3.22. The van der Waals surface area contributed by atoms with Gasteiger partial charge in [0, 0.05) is 18.9 Å². The second kappa shape index (κ2) is 11.2. The van der Waals surface area contributed by atoms with E-state index in [-0.39, 0.29) is 30.7 Å². The van der Waals surface area contributed by atoms with Crippen molar-refractivity contribution in [1.82, 2.24) is 24.4 Å². The monoisotopic (exact) mass is 491 g/mol. The lowest BCUT2D eigenvalue weighted by molar-refractivity contribution is -0.192. The Bertz CT molecular complexity index is 1040. The Hall–Kier alpha value is -3.00. The van der Waals surface area contributed by atoms with Gasteiger partial charge in [0.15, 0.2) is 0 Å². The van der Waals surface area contributed by atoms with Crippen LogP contribution in [0.15, 0.2) is 36.7 Å². The first-order valence-corrected chi connectivity index (χ1v) is 11.5. The summed E-state index contributed by atoms with van der Waals surface area (Å²) in [5, 5.41) is 14.2. The van der Waals surface area contributed by atoms with Crippen molar-refractivity contribution in [2.24, 2.45) is 0 Å². The van der Waals surface area contributed by atoms with E-state index in [1.807, 2.05) is 25.1 Å². The number of nitrogens with one attached hydrogen (secondary N) is 1. The maximum atomic E-state index is 12.4. The smallest absolute Gasteiger partial charge is 0.475 e. The van der Waals surface area contributed by atoms with Crippen molar-refractivity contribution in [1.29, 1.82) is 0 Å². The number of carbonyl (C=O) groups excluding carboxylic acids is 1. The molecular formula is C19H24F3N5O5S. The van der Waals surface area contributed by atoms with Crippen LogP contribution in [0.2, 0.25) is 0 Å². The van der Waals surface area contributed by atoms with E-state index in [2.05, 4.69) is 15.4 Å². The first-order chi connectivity index (χ1) is 15.4. The molecule has 3 heterocycles. The number of aromatic nitrogens is 3. The Balaban J connectivity index is 0.000000479. The molecule has 1 aliphatic heterocycles. The minimum Gasteiger partial charge on any atom is -0.475 e. The lowest BCUT2D eigenvalue weighted by Gasteiger charge is -2.32. The molecule has 1 atom stereocenters. The van der Waals surface area contributed by atoms with Crippen LogP contribution in [-0.2, 0) is 32.7 Å². The molecule has 0 saturated carbocycles.